The van der Waals surface area contributed by atoms with Gasteiger partial charge in [-0.25, -0.2) is 0 Å². The molecule has 0 fully saturated rings. The van der Waals surface area contributed by atoms with Gasteiger partial charge >= 0.3 is 0 Å². The third kappa shape index (κ3) is 1.11. The van der Waals surface area contributed by atoms with Gasteiger partial charge < -0.3 is 10.5 Å². The summed E-state index contributed by atoms with van der Waals surface area (Å²) in [6, 6.07) is 3.70. The Hall–Kier alpha value is -1.71. The second-order valence-electron chi connectivity index (χ2n) is 3.33. The topological polar surface area (TPSA) is 53.1 Å². The number of benzene rings is 1. The summed E-state index contributed by atoms with van der Waals surface area (Å²) < 4.78 is 7.05. The molecule has 2 N–H and O–H groups in total. The second-order valence-corrected chi connectivity index (χ2v) is 3.33. The van der Waals surface area contributed by atoms with Crippen molar-refractivity contribution in [3.63, 3.8) is 0 Å². The van der Waals surface area contributed by atoms with E-state index < -0.39 is 0 Å². The van der Waals surface area contributed by atoms with Crippen molar-refractivity contribution in [2.75, 3.05) is 12.8 Å². The number of nitrogens with zero attached hydrogens (tertiary/aromatic N) is 2. The van der Waals surface area contributed by atoms with Gasteiger partial charge in [0, 0.05) is 29.9 Å². The van der Waals surface area contributed by atoms with E-state index in [1.807, 2.05) is 24.7 Å². The smallest absolute Gasteiger partial charge is 0.149 e. The molecule has 4 heteroatoms. The van der Waals surface area contributed by atoms with Crippen molar-refractivity contribution in [3.8, 4) is 5.75 Å². The van der Waals surface area contributed by atoms with E-state index in [1.165, 1.54) is 0 Å². The van der Waals surface area contributed by atoms with Gasteiger partial charge in [-0.05, 0) is 13.0 Å². The zero-order chi connectivity index (χ0) is 10.3. The van der Waals surface area contributed by atoms with Crippen LogP contribution in [0.25, 0.3) is 10.9 Å². The van der Waals surface area contributed by atoms with Gasteiger partial charge in [-0.2, -0.15) is 5.10 Å². The van der Waals surface area contributed by atoms with Crippen LogP contribution in [0.1, 0.15) is 5.69 Å². The zero-order valence-electron chi connectivity index (χ0n) is 8.53. The van der Waals surface area contributed by atoms with Crippen LogP contribution in [0.15, 0.2) is 12.1 Å². The minimum Gasteiger partial charge on any atom is -0.494 e. The Kier molecular flexibility index (Phi) is 1.84. The molecule has 0 saturated carbocycles. The molecular formula is C10H13N3O. The molecule has 0 aliphatic carbocycles. The van der Waals surface area contributed by atoms with Crippen LogP contribution in [0.3, 0.4) is 0 Å². The maximum Gasteiger partial charge on any atom is 0.149 e. The molecule has 1 aromatic carbocycles. The molecular weight excluding hydrogens is 178 g/mol. The molecule has 0 unspecified atom stereocenters. The van der Waals surface area contributed by atoms with Crippen LogP contribution >= 0.6 is 0 Å². The Labute approximate surface area is 82.3 Å². The number of hydrogen-bond donors (Lipinski definition) is 1. The van der Waals surface area contributed by atoms with Gasteiger partial charge in [0.25, 0.3) is 0 Å². The van der Waals surface area contributed by atoms with E-state index in [-0.39, 0.29) is 0 Å². The van der Waals surface area contributed by atoms with Crippen LogP contribution < -0.4 is 10.5 Å². The molecule has 0 atom stereocenters. The number of nitrogen functional groups attached to an aromatic ring is 1. The normalized spacial score (nSPS) is 10.8. The van der Waals surface area contributed by atoms with E-state index in [4.69, 9.17) is 10.5 Å². The number of methoxy groups -OCH3 is 1. The average molecular weight is 191 g/mol. The van der Waals surface area contributed by atoms with Gasteiger partial charge in [0.2, 0.25) is 0 Å². The number of aromatic nitrogens is 2. The number of aryl methyl sites for hydroxylation is 2. The summed E-state index contributed by atoms with van der Waals surface area (Å²) in [5, 5.41) is 5.41. The summed E-state index contributed by atoms with van der Waals surface area (Å²) in [5.41, 5.74) is 8.41. The van der Waals surface area contributed by atoms with E-state index in [0.29, 0.717) is 5.69 Å². The molecule has 0 saturated heterocycles. The lowest BCUT2D eigenvalue weighted by molar-refractivity contribution is 0.418. The number of ether oxygens (including phenoxy) is 1. The predicted octanol–water partition coefficient (Wildman–Crippen LogP) is 1.47. The molecule has 1 aromatic heterocycles. The molecule has 0 aliphatic heterocycles. The van der Waals surface area contributed by atoms with Crippen LogP contribution in [-0.2, 0) is 7.05 Å². The van der Waals surface area contributed by atoms with Crippen molar-refractivity contribution in [3.05, 3.63) is 17.8 Å². The number of anilines is 1. The molecule has 0 bridgehead atoms. The highest BCUT2D eigenvalue weighted by molar-refractivity contribution is 5.89. The maximum absolute atomic E-state index is 5.76. The van der Waals surface area contributed by atoms with Gasteiger partial charge in [-0.15, -0.1) is 0 Å². The molecule has 14 heavy (non-hydrogen) atoms. The lowest BCUT2D eigenvalue weighted by atomic mass is 10.2. The predicted molar refractivity (Wildman–Crippen MR) is 56.4 cm³/mol. The molecule has 4 nitrogen and oxygen atoms in total. The largest absolute Gasteiger partial charge is 0.494 e. The van der Waals surface area contributed by atoms with Crippen molar-refractivity contribution in [1.29, 1.82) is 0 Å². The SMILES string of the molecule is COc1cc(N)cc2c(C)n(C)nc12. The molecule has 1 heterocycles. The van der Waals surface area contributed by atoms with E-state index in [1.54, 1.807) is 13.2 Å². The van der Waals surface area contributed by atoms with E-state index in [0.717, 1.165) is 22.3 Å². The summed E-state index contributed by atoms with van der Waals surface area (Å²) >= 11 is 0. The third-order valence-corrected chi connectivity index (χ3v) is 2.44. The zero-order valence-corrected chi connectivity index (χ0v) is 8.53. The Bertz CT molecular complexity index is 488. The van der Waals surface area contributed by atoms with Crippen LogP contribution in [0.2, 0.25) is 0 Å². The highest BCUT2D eigenvalue weighted by Gasteiger charge is 2.10. The molecule has 2 aromatic rings. The minimum atomic E-state index is 0.699. The standard InChI is InChI=1S/C10H13N3O/c1-6-8-4-7(11)5-9(14-3)10(8)12-13(6)2/h4-5H,11H2,1-3H3. The highest BCUT2D eigenvalue weighted by Crippen LogP contribution is 2.29. The van der Waals surface area contributed by atoms with Crippen LogP contribution in [-0.4, -0.2) is 16.9 Å². The first-order chi connectivity index (χ1) is 6.63. The van der Waals surface area contributed by atoms with E-state index >= 15 is 0 Å². The summed E-state index contributed by atoms with van der Waals surface area (Å²) in [7, 11) is 3.53. The van der Waals surface area contributed by atoms with Crippen molar-refractivity contribution in [1.82, 2.24) is 9.78 Å². The van der Waals surface area contributed by atoms with Crippen LogP contribution in [0.5, 0.6) is 5.75 Å². The number of nitrogens with two attached hydrogens (primary N) is 1. The van der Waals surface area contributed by atoms with Gasteiger partial charge in [-0.1, -0.05) is 0 Å². The average Bonchev–Trinajstić information content (AvgIpc) is 2.43. The quantitative estimate of drug-likeness (QED) is 0.694. The van der Waals surface area contributed by atoms with Crippen molar-refractivity contribution in [2.45, 2.75) is 6.92 Å². The molecule has 0 spiro atoms. The maximum atomic E-state index is 5.76. The summed E-state index contributed by atoms with van der Waals surface area (Å²) in [6.07, 6.45) is 0. The molecule has 2 rings (SSSR count). The summed E-state index contributed by atoms with van der Waals surface area (Å²) in [6.45, 7) is 2.01. The fourth-order valence-electron chi connectivity index (χ4n) is 1.56. The summed E-state index contributed by atoms with van der Waals surface area (Å²) in [4.78, 5) is 0. The van der Waals surface area contributed by atoms with Gasteiger partial charge in [0.15, 0.2) is 0 Å². The van der Waals surface area contributed by atoms with E-state index in [9.17, 15) is 0 Å². The Morgan fingerprint density at radius 1 is 1.43 bits per heavy atom. The van der Waals surface area contributed by atoms with Crippen molar-refractivity contribution >= 4 is 16.6 Å². The molecule has 0 radical (unpaired) electrons. The van der Waals surface area contributed by atoms with Crippen molar-refractivity contribution in [2.24, 2.45) is 7.05 Å². The molecule has 0 aliphatic rings. The Morgan fingerprint density at radius 2 is 2.14 bits per heavy atom. The first kappa shape index (κ1) is 8.87. The highest BCUT2D eigenvalue weighted by atomic mass is 16.5. The Balaban J connectivity index is 2.87. The number of rotatable bonds is 1. The molecule has 0 amide bonds. The van der Waals surface area contributed by atoms with E-state index in [2.05, 4.69) is 5.10 Å². The summed E-state index contributed by atoms with van der Waals surface area (Å²) in [5.74, 6) is 0.726. The first-order valence-electron chi connectivity index (χ1n) is 4.40. The van der Waals surface area contributed by atoms with Crippen molar-refractivity contribution < 1.29 is 4.74 Å². The first-order valence-corrected chi connectivity index (χ1v) is 4.40. The van der Waals surface area contributed by atoms with Crippen LogP contribution in [0.4, 0.5) is 5.69 Å². The van der Waals surface area contributed by atoms with Gasteiger partial charge in [-0.3, -0.25) is 4.68 Å². The second kappa shape index (κ2) is 2.90. The van der Waals surface area contributed by atoms with Gasteiger partial charge in [0.05, 0.1) is 7.11 Å². The monoisotopic (exact) mass is 191 g/mol. The molecule has 74 valence electrons. The lowest BCUT2D eigenvalue weighted by Gasteiger charge is -2.01. The van der Waals surface area contributed by atoms with Gasteiger partial charge in [0.1, 0.15) is 11.3 Å². The fourth-order valence-corrected chi connectivity index (χ4v) is 1.56. The fraction of sp³-hybridized carbons (Fsp3) is 0.300. The lowest BCUT2D eigenvalue weighted by Crippen LogP contribution is -1.91. The number of fused-ring (bicyclic) bond motifs is 1. The Morgan fingerprint density at radius 3 is 2.79 bits per heavy atom. The minimum absolute atomic E-state index is 0.699. The van der Waals surface area contributed by atoms with Crippen LogP contribution in [0, 0.1) is 6.92 Å². The third-order valence-electron chi connectivity index (χ3n) is 2.44. The number of hydrogen-bond acceptors (Lipinski definition) is 3.